The van der Waals surface area contributed by atoms with Crippen LogP contribution in [0.4, 0.5) is 5.82 Å². The fraction of sp³-hybridized carbons (Fsp3) is 0.143. The van der Waals surface area contributed by atoms with Gasteiger partial charge in [0.15, 0.2) is 11.6 Å². The summed E-state index contributed by atoms with van der Waals surface area (Å²) in [5.74, 6) is 0.811. The van der Waals surface area contributed by atoms with Crippen molar-refractivity contribution in [3.05, 3.63) is 18.0 Å². The number of nitrogens with one attached hydrogen (secondary N) is 1. The highest BCUT2D eigenvalue weighted by atomic mass is 15.1. The number of nitrogens with zero attached hydrogens (tertiary/aromatic N) is 4. The van der Waals surface area contributed by atoms with Crippen molar-refractivity contribution in [3.63, 3.8) is 0 Å². The second-order valence-electron chi connectivity index (χ2n) is 2.64. The van der Waals surface area contributed by atoms with Crippen molar-refractivity contribution in [2.75, 3.05) is 5.73 Å². The van der Waals surface area contributed by atoms with Gasteiger partial charge in [-0.05, 0) is 0 Å². The minimum absolute atomic E-state index is 0.0893. The number of nitrogens with two attached hydrogens (primary N) is 1. The predicted molar refractivity (Wildman–Crippen MR) is 45.7 cm³/mol. The number of rotatable bonds is 0. The maximum atomic E-state index is 7.27. The van der Waals surface area contributed by atoms with Gasteiger partial charge in [-0.1, -0.05) is 0 Å². The van der Waals surface area contributed by atoms with Gasteiger partial charge in [-0.25, -0.2) is 4.98 Å². The van der Waals surface area contributed by atoms with Gasteiger partial charge in [-0.2, -0.15) is 9.97 Å². The predicted octanol–water partition coefficient (Wildman–Crippen LogP) is -0.623. The summed E-state index contributed by atoms with van der Waals surface area (Å²) in [5, 5.41) is 7.27. The normalized spacial score (nSPS) is 10.5. The molecule has 66 valence electrons. The van der Waals surface area contributed by atoms with E-state index in [-0.39, 0.29) is 11.4 Å². The van der Waals surface area contributed by atoms with Gasteiger partial charge in [0.25, 0.3) is 0 Å². The highest BCUT2D eigenvalue weighted by Gasteiger charge is 2.11. The summed E-state index contributed by atoms with van der Waals surface area (Å²) in [4.78, 5) is 11.6. The second-order valence-corrected chi connectivity index (χ2v) is 2.64. The Kier molecular flexibility index (Phi) is 1.48. The molecule has 0 unspecified atom stereocenters. The molecule has 2 rings (SSSR count). The molecule has 0 bridgehead atoms. The quantitative estimate of drug-likeness (QED) is 0.559. The summed E-state index contributed by atoms with van der Waals surface area (Å²) >= 11 is 0. The van der Waals surface area contributed by atoms with Gasteiger partial charge in [0, 0.05) is 19.4 Å². The number of anilines is 1. The molecule has 0 amide bonds. The lowest BCUT2D eigenvalue weighted by Crippen LogP contribution is -2.19. The number of aryl methyl sites for hydroxylation is 1. The van der Waals surface area contributed by atoms with Crippen LogP contribution in [-0.2, 0) is 7.05 Å². The molecule has 0 saturated heterocycles. The third kappa shape index (κ3) is 1.12. The first-order valence-electron chi connectivity index (χ1n) is 3.68. The first-order chi connectivity index (χ1) is 6.18. The Morgan fingerprint density at radius 3 is 3.00 bits per heavy atom. The van der Waals surface area contributed by atoms with Gasteiger partial charge in [0.2, 0.25) is 5.62 Å². The largest absolute Gasteiger partial charge is 0.382 e. The van der Waals surface area contributed by atoms with E-state index in [1.165, 1.54) is 0 Å². The van der Waals surface area contributed by atoms with E-state index < -0.39 is 0 Å². The Labute approximate surface area is 73.9 Å². The Hall–Kier alpha value is -1.98. The van der Waals surface area contributed by atoms with Crippen molar-refractivity contribution in [1.82, 2.24) is 19.5 Å². The van der Waals surface area contributed by atoms with Crippen LogP contribution < -0.4 is 11.4 Å². The van der Waals surface area contributed by atoms with Crippen LogP contribution >= 0.6 is 0 Å². The lowest BCUT2D eigenvalue weighted by molar-refractivity contribution is 0.827. The molecule has 6 nitrogen and oxygen atoms in total. The van der Waals surface area contributed by atoms with Crippen molar-refractivity contribution in [3.8, 4) is 11.5 Å². The number of hydrogen-bond acceptors (Lipinski definition) is 5. The summed E-state index contributed by atoms with van der Waals surface area (Å²) < 4.78 is 1.75. The molecule has 6 heteroatoms. The van der Waals surface area contributed by atoms with Gasteiger partial charge < -0.3 is 10.3 Å². The van der Waals surface area contributed by atoms with Crippen LogP contribution in [-0.4, -0.2) is 19.5 Å². The van der Waals surface area contributed by atoms with Gasteiger partial charge in [-0.3, -0.25) is 5.41 Å². The molecule has 0 aliphatic carbocycles. The van der Waals surface area contributed by atoms with Crippen LogP contribution in [0.1, 0.15) is 0 Å². The zero-order valence-electron chi connectivity index (χ0n) is 7.02. The number of fused-ring (bicyclic) bond motifs is 1. The molecular weight excluding hydrogens is 168 g/mol. The van der Waals surface area contributed by atoms with Crippen molar-refractivity contribution >= 4 is 5.82 Å². The maximum Gasteiger partial charge on any atom is 0.245 e. The monoisotopic (exact) mass is 176 g/mol. The second kappa shape index (κ2) is 2.51. The van der Waals surface area contributed by atoms with E-state index in [0.29, 0.717) is 11.5 Å². The highest BCUT2D eigenvalue weighted by molar-refractivity contribution is 5.63. The zero-order chi connectivity index (χ0) is 9.42. The molecule has 0 atom stereocenters. The van der Waals surface area contributed by atoms with Crippen molar-refractivity contribution < 1.29 is 0 Å². The minimum Gasteiger partial charge on any atom is -0.382 e. The van der Waals surface area contributed by atoms with E-state index in [0.717, 1.165) is 0 Å². The average molecular weight is 176 g/mol. The number of aromatic nitrogens is 4. The van der Waals surface area contributed by atoms with E-state index in [1.807, 2.05) is 7.05 Å². The Morgan fingerprint density at radius 2 is 2.23 bits per heavy atom. The van der Waals surface area contributed by atoms with Gasteiger partial charge >= 0.3 is 0 Å². The van der Waals surface area contributed by atoms with Gasteiger partial charge in [0.05, 0.1) is 0 Å². The molecule has 0 aromatic heterocycles. The average Bonchev–Trinajstić information content (AvgIpc) is 2.07. The Morgan fingerprint density at radius 1 is 1.46 bits per heavy atom. The zero-order valence-corrected chi connectivity index (χ0v) is 7.02. The van der Waals surface area contributed by atoms with E-state index in [9.17, 15) is 0 Å². The smallest absolute Gasteiger partial charge is 0.245 e. The van der Waals surface area contributed by atoms with Crippen LogP contribution in [0.15, 0.2) is 12.4 Å². The molecule has 2 heterocycles. The highest BCUT2D eigenvalue weighted by Crippen LogP contribution is 2.16. The van der Waals surface area contributed by atoms with E-state index >= 15 is 0 Å². The van der Waals surface area contributed by atoms with Crippen molar-refractivity contribution in [2.24, 2.45) is 7.05 Å². The van der Waals surface area contributed by atoms with Crippen LogP contribution in [0.2, 0.25) is 0 Å². The molecule has 0 fully saturated rings. The topological polar surface area (TPSA) is 93.5 Å². The molecule has 0 spiro atoms. The number of nitrogen functional groups attached to an aromatic ring is 1. The molecule has 0 aromatic rings. The number of hydrogen-bond donors (Lipinski definition) is 2. The van der Waals surface area contributed by atoms with Gasteiger partial charge in [0.1, 0.15) is 5.69 Å². The molecular formula is C7H8N6. The minimum atomic E-state index is -0.0893. The van der Waals surface area contributed by atoms with Crippen molar-refractivity contribution in [2.45, 2.75) is 0 Å². The summed E-state index contributed by atoms with van der Waals surface area (Å²) in [6, 6.07) is 0. The fourth-order valence-corrected chi connectivity index (χ4v) is 1.11. The van der Waals surface area contributed by atoms with E-state index in [2.05, 4.69) is 15.0 Å². The third-order valence-electron chi connectivity index (χ3n) is 1.72. The first kappa shape index (κ1) is 7.66. The van der Waals surface area contributed by atoms with Crippen LogP contribution in [0.5, 0.6) is 0 Å². The lowest BCUT2D eigenvalue weighted by Gasteiger charge is -2.08. The molecule has 0 radical (unpaired) electrons. The van der Waals surface area contributed by atoms with Crippen LogP contribution in [0, 0.1) is 5.41 Å². The maximum absolute atomic E-state index is 7.27. The fourth-order valence-electron chi connectivity index (χ4n) is 1.11. The molecule has 2 aliphatic rings. The van der Waals surface area contributed by atoms with Gasteiger partial charge in [-0.15, -0.1) is 0 Å². The first-order valence-corrected chi connectivity index (χ1v) is 3.68. The molecule has 13 heavy (non-hydrogen) atoms. The molecule has 0 saturated carbocycles. The third-order valence-corrected chi connectivity index (χ3v) is 1.72. The summed E-state index contributed by atoms with van der Waals surface area (Å²) in [6.07, 6.45) is 3.36. The van der Waals surface area contributed by atoms with Crippen LogP contribution in [0.25, 0.3) is 11.5 Å². The Balaban J connectivity index is 2.92. The summed E-state index contributed by atoms with van der Waals surface area (Å²) in [6.45, 7) is 0. The SMILES string of the molecule is Cn1ccnc2c(N)nc(=N)nc1-2. The summed E-state index contributed by atoms with van der Waals surface area (Å²) in [7, 11) is 1.82. The molecule has 3 N–H and O–H groups in total. The summed E-state index contributed by atoms with van der Waals surface area (Å²) in [5.41, 5.74) is 6.02. The Bertz CT molecular complexity index is 473. The molecule has 2 aliphatic heterocycles. The van der Waals surface area contributed by atoms with E-state index in [1.54, 1.807) is 17.0 Å². The standard InChI is InChI=1S/C7H8N6/c1-13-3-2-10-4-5(8)11-7(9)12-6(4)13/h2-3H,1H3,(H3,8,9,11). The lowest BCUT2D eigenvalue weighted by atomic mass is 10.3. The van der Waals surface area contributed by atoms with E-state index in [4.69, 9.17) is 11.1 Å². The van der Waals surface area contributed by atoms with Crippen LogP contribution in [0.3, 0.4) is 0 Å². The molecule has 0 aromatic carbocycles. The van der Waals surface area contributed by atoms with Crippen molar-refractivity contribution in [1.29, 1.82) is 5.41 Å².